The highest BCUT2D eigenvalue weighted by molar-refractivity contribution is 6.30. The molecule has 0 heterocycles. The maximum absolute atomic E-state index is 13.3. The number of rotatable bonds is 6. The molecule has 4 nitrogen and oxygen atoms in total. The number of halogens is 4. The summed E-state index contributed by atoms with van der Waals surface area (Å²) in [6, 6.07) is 15.2. The van der Waals surface area contributed by atoms with E-state index < -0.39 is 17.6 Å². The molecule has 0 bridgehead atoms. The molecular weight excluding hydrogens is 431 g/mol. The highest BCUT2D eigenvalue weighted by Crippen LogP contribution is 2.36. The van der Waals surface area contributed by atoms with Crippen molar-refractivity contribution in [1.82, 2.24) is 0 Å². The number of amides is 1. The Hall–Kier alpha value is -3.19. The lowest BCUT2D eigenvalue weighted by Crippen LogP contribution is -2.17. The number of hydrogen-bond acceptors (Lipinski definition) is 3. The molecule has 0 aromatic heterocycles. The number of hydrogen-bond donors (Lipinski definition) is 1. The van der Waals surface area contributed by atoms with E-state index in [2.05, 4.69) is 5.32 Å². The third kappa shape index (κ3) is 5.49. The van der Waals surface area contributed by atoms with Crippen LogP contribution >= 0.6 is 11.6 Å². The van der Waals surface area contributed by atoms with Crippen LogP contribution in [0.1, 0.15) is 27.0 Å². The first-order valence-electron chi connectivity index (χ1n) is 9.22. The second-order valence-corrected chi connectivity index (χ2v) is 7.16. The van der Waals surface area contributed by atoms with Crippen LogP contribution in [0.4, 0.5) is 18.9 Å². The molecule has 1 amide bonds. The van der Waals surface area contributed by atoms with Crippen molar-refractivity contribution < 1.29 is 27.4 Å². The first kappa shape index (κ1) is 22.5. The molecule has 162 valence electrons. The van der Waals surface area contributed by atoms with E-state index in [0.717, 1.165) is 17.7 Å². The Morgan fingerprint density at radius 1 is 1.03 bits per heavy atom. The summed E-state index contributed by atoms with van der Waals surface area (Å²) in [5.41, 5.74) is 0.274. The van der Waals surface area contributed by atoms with Crippen LogP contribution in [0.2, 0.25) is 5.02 Å². The standard InChI is InChI=1S/C23H19ClF3NO3/c1-14-5-3-4-6-20(14)31-13-16-11-15(7-10-21(16)30-2)22(29)28-19-9-8-17(24)12-18(19)23(25,26)27/h3-12H,13H2,1-2H3,(H,28,29). The van der Waals surface area contributed by atoms with Crippen molar-refractivity contribution in [2.24, 2.45) is 0 Å². The molecule has 3 aromatic rings. The molecule has 0 aliphatic carbocycles. The van der Waals surface area contributed by atoms with Gasteiger partial charge >= 0.3 is 6.18 Å². The fourth-order valence-corrected chi connectivity index (χ4v) is 3.13. The van der Waals surface area contributed by atoms with Gasteiger partial charge in [-0.3, -0.25) is 4.79 Å². The Morgan fingerprint density at radius 2 is 1.77 bits per heavy atom. The van der Waals surface area contributed by atoms with E-state index in [4.69, 9.17) is 21.1 Å². The van der Waals surface area contributed by atoms with E-state index in [-0.39, 0.29) is 22.9 Å². The smallest absolute Gasteiger partial charge is 0.418 e. The highest BCUT2D eigenvalue weighted by Gasteiger charge is 2.34. The van der Waals surface area contributed by atoms with Gasteiger partial charge in [0.15, 0.2) is 0 Å². The number of carbonyl (C=O) groups excluding carboxylic acids is 1. The molecule has 0 aliphatic heterocycles. The average molecular weight is 450 g/mol. The van der Waals surface area contributed by atoms with Crippen LogP contribution in [0.3, 0.4) is 0 Å². The van der Waals surface area contributed by atoms with Crippen molar-refractivity contribution in [3.8, 4) is 11.5 Å². The number of nitrogens with one attached hydrogen (secondary N) is 1. The van der Waals surface area contributed by atoms with Crippen LogP contribution in [0.5, 0.6) is 11.5 Å². The summed E-state index contributed by atoms with van der Waals surface area (Å²) in [6.07, 6.45) is -4.67. The molecule has 0 unspecified atom stereocenters. The van der Waals surface area contributed by atoms with Crippen molar-refractivity contribution in [2.75, 3.05) is 12.4 Å². The molecule has 0 radical (unpaired) electrons. The van der Waals surface area contributed by atoms with Gasteiger partial charge in [0.25, 0.3) is 5.91 Å². The molecule has 3 rings (SSSR count). The van der Waals surface area contributed by atoms with Gasteiger partial charge in [0.2, 0.25) is 0 Å². The van der Waals surface area contributed by atoms with Crippen molar-refractivity contribution in [3.05, 3.63) is 87.9 Å². The number of carbonyl (C=O) groups is 1. The minimum absolute atomic E-state index is 0.0783. The second-order valence-electron chi connectivity index (χ2n) is 6.72. The predicted molar refractivity (Wildman–Crippen MR) is 113 cm³/mol. The summed E-state index contributed by atoms with van der Waals surface area (Å²) in [5, 5.41) is 2.23. The molecule has 0 aliphatic rings. The minimum atomic E-state index is -4.67. The predicted octanol–water partition coefficient (Wildman–Crippen LogP) is 6.51. The molecule has 8 heteroatoms. The average Bonchev–Trinajstić information content (AvgIpc) is 2.73. The SMILES string of the molecule is COc1ccc(C(=O)Nc2ccc(Cl)cc2C(F)(F)F)cc1COc1ccccc1C. The van der Waals surface area contributed by atoms with Gasteiger partial charge in [0.05, 0.1) is 18.4 Å². The van der Waals surface area contributed by atoms with Crippen LogP contribution in [0, 0.1) is 6.92 Å². The van der Waals surface area contributed by atoms with Crippen LogP contribution in [0.25, 0.3) is 0 Å². The lowest BCUT2D eigenvalue weighted by atomic mass is 10.1. The maximum atomic E-state index is 13.3. The first-order valence-corrected chi connectivity index (χ1v) is 9.60. The fourth-order valence-electron chi connectivity index (χ4n) is 2.96. The van der Waals surface area contributed by atoms with Crippen LogP contribution < -0.4 is 14.8 Å². The Bertz CT molecular complexity index is 1100. The monoisotopic (exact) mass is 449 g/mol. The number of methoxy groups -OCH3 is 1. The van der Waals surface area contributed by atoms with E-state index in [1.807, 2.05) is 31.2 Å². The van der Waals surface area contributed by atoms with Gasteiger partial charge in [-0.05, 0) is 55.0 Å². The number of anilines is 1. The molecular formula is C23H19ClF3NO3. The number of benzene rings is 3. The van der Waals surface area contributed by atoms with Gasteiger partial charge in [0.1, 0.15) is 18.1 Å². The van der Waals surface area contributed by atoms with E-state index in [1.54, 1.807) is 6.07 Å². The zero-order valence-electron chi connectivity index (χ0n) is 16.7. The topological polar surface area (TPSA) is 47.6 Å². The van der Waals surface area contributed by atoms with Crippen molar-refractivity contribution >= 4 is 23.2 Å². The number of alkyl halides is 3. The van der Waals surface area contributed by atoms with Gasteiger partial charge in [-0.25, -0.2) is 0 Å². The van der Waals surface area contributed by atoms with Gasteiger partial charge in [0, 0.05) is 16.1 Å². The van der Waals surface area contributed by atoms with Crippen molar-refractivity contribution in [3.63, 3.8) is 0 Å². The largest absolute Gasteiger partial charge is 0.496 e. The fraction of sp³-hybridized carbons (Fsp3) is 0.174. The van der Waals surface area contributed by atoms with Gasteiger partial charge in [-0.1, -0.05) is 29.8 Å². The molecule has 0 atom stereocenters. The Kier molecular flexibility index (Phi) is 6.75. The number of aryl methyl sites for hydroxylation is 1. The normalized spacial score (nSPS) is 11.2. The van der Waals surface area contributed by atoms with Crippen molar-refractivity contribution in [2.45, 2.75) is 19.7 Å². The lowest BCUT2D eigenvalue weighted by molar-refractivity contribution is -0.136. The van der Waals surface area contributed by atoms with Gasteiger partial charge < -0.3 is 14.8 Å². The van der Waals surface area contributed by atoms with Crippen LogP contribution in [-0.2, 0) is 12.8 Å². The zero-order chi connectivity index (χ0) is 22.6. The molecule has 0 fully saturated rings. The molecule has 0 saturated carbocycles. The summed E-state index contributed by atoms with van der Waals surface area (Å²) in [7, 11) is 1.48. The second kappa shape index (κ2) is 9.31. The third-order valence-electron chi connectivity index (χ3n) is 4.55. The molecule has 31 heavy (non-hydrogen) atoms. The number of para-hydroxylation sites is 1. The Balaban J connectivity index is 1.84. The van der Waals surface area contributed by atoms with Gasteiger partial charge in [-0.15, -0.1) is 0 Å². The molecule has 0 saturated heterocycles. The summed E-state index contributed by atoms with van der Waals surface area (Å²) >= 11 is 5.69. The summed E-state index contributed by atoms with van der Waals surface area (Å²) in [6.45, 7) is 2.02. The van der Waals surface area contributed by atoms with Crippen LogP contribution in [-0.4, -0.2) is 13.0 Å². The van der Waals surface area contributed by atoms with Crippen LogP contribution in [0.15, 0.2) is 60.7 Å². The summed E-state index contributed by atoms with van der Waals surface area (Å²) in [4.78, 5) is 12.7. The zero-order valence-corrected chi connectivity index (χ0v) is 17.5. The molecule has 0 spiro atoms. The number of ether oxygens (including phenoxy) is 2. The van der Waals surface area contributed by atoms with E-state index >= 15 is 0 Å². The van der Waals surface area contributed by atoms with E-state index in [1.165, 1.54) is 25.3 Å². The Labute approximate surface area is 182 Å². The summed E-state index contributed by atoms with van der Waals surface area (Å²) in [5.74, 6) is 0.468. The van der Waals surface area contributed by atoms with E-state index in [0.29, 0.717) is 17.1 Å². The Morgan fingerprint density at radius 3 is 2.45 bits per heavy atom. The molecule has 1 N–H and O–H groups in total. The lowest BCUT2D eigenvalue weighted by Gasteiger charge is -2.15. The third-order valence-corrected chi connectivity index (χ3v) is 4.79. The van der Waals surface area contributed by atoms with Crippen molar-refractivity contribution in [1.29, 1.82) is 0 Å². The summed E-state index contributed by atoms with van der Waals surface area (Å²) < 4.78 is 51.0. The minimum Gasteiger partial charge on any atom is -0.496 e. The first-order chi connectivity index (χ1) is 14.7. The maximum Gasteiger partial charge on any atom is 0.418 e. The highest BCUT2D eigenvalue weighted by atomic mass is 35.5. The van der Waals surface area contributed by atoms with E-state index in [9.17, 15) is 18.0 Å². The molecule has 3 aromatic carbocycles. The van der Waals surface area contributed by atoms with Gasteiger partial charge in [-0.2, -0.15) is 13.2 Å². The quantitative estimate of drug-likeness (QED) is 0.467.